The molecule has 1 aliphatic rings. The summed E-state index contributed by atoms with van der Waals surface area (Å²) in [7, 11) is -1.89. The molecule has 0 unspecified atom stereocenters. The van der Waals surface area contributed by atoms with Crippen LogP contribution in [0.1, 0.15) is 30.4 Å². The van der Waals surface area contributed by atoms with Gasteiger partial charge in [-0.1, -0.05) is 40.2 Å². The lowest BCUT2D eigenvalue weighted by atomic mass is 9.79. The van der Waals surface area contributed by atoms with Gasteiger partial charge in [-0.05, 0) is 61.1 Å². The van der Waals surface area contributed by atoms with Crippen molar-refractivity contribution in [3.05, 3.63) is 64.1 Å². The fourth-order valence-electron chi connectivity index (χ4n) is 4.28. The Bertz CT molecular complexity index is 1010. The number of carbonyl (C=O) groups is 1. The molecular weight excluding hydrogens is 468 g/mol. The van der Waals surface area contributed by atoms with Gasteiger partial charge in [-0.15, -0.1) is 0 Å². The van der Waals surface area contributed by atoms with Gasteiger partial charge in [0.1, 0.15) is 5.75 Å². The Labute approximate surface area is 186 Å². The Hall–Kier alpha value is -1.90. The minimum atomic E-state index is -3.48. The summed E-state index contributed by atoms with van der Waals surface area (Å²) in [6.07, 6.45) is 3.29. The number of amides is 1. The maximum Gasteiger partial charge on any atom is 0.224 e. The molecule has 2 N–H and O–H groups in total. The van der Waals surface area contributed by atoms with Crippen LogP contribution in [0, 0.1) is 5.41 Å². The molecule has 2 aromatic rings. The summed E-state index contributed by atoms with van der Waals surface area (Å²) in [5, 5.41) is 0. The Balaban J connectivity index is 1.83. The second kappa shape index (κ2) is 9.08. The van der Waals surface area contributed by atoms with Crippen LogP contribution in [0.3, 0.4) is 0 Å². The summed E-state index contributed by atoms with van der Waals surface area (Å²) in [4.78, 5) is 12.5. The Morgan fingerprint density at radius 2 is 1.93 bits per heavy atom. The molecule has 1 fully saturated rings. The summed E-state index contributed by atoms with van der Waals surface area (Å²) in [6.45, 7) is 0.249. The van der Waals surface area contributed by atoms with E-state index in [1.54, 1.807) is 7.11 Å². The number of ether oxygens (including phenoxy) is 1. The van der Waals surface area contributed by atoms with Crippen molar-refractivity contribution in [3.63, 3.8) is 0 Å². The predicted molar refractivity (Wildman–Crippen MR) is 120 cm³/mol. The van der Waals surface area contributed by atoms with Crippen molar-refractivity contribution in [3.8, 4) is 5.75 Å². The van der Waals surface area contributed by atoms with Gasteiger partial charge in [0.15, 0.2) is 0 Å². The fraction of sp³-hybridized carbons (Fsp3) is 0.409. The van der Waals surface area contributed by atoms with Crippen molar-refractivity contribution >= 4 is 31.9 Å². The number of rotatable bonds is 8. The number of carbonyl (C=O) groups excluding carboxylic acids is 1. The summed E-state index contributed by atoms with van der Waals surface area (Å²) < 4.78 is 32.8. The standard InChI is InChI=1S/C22H27BrN2O4S/c1-29-20-8-6-16(7-9-20)15-25(30(2,27)28)19-10-11-22(14-19,21(24)26)13-17-4-3-5-18(23)12-17/h3-9,12,19H,10-11,13-15H2,1-2H3,(H2,24,26)/t19-,22+/m0/s1. The molecule has 0 spiro atoms. The van der Waals surface area contributed by atoms with Gasteiger partial charge in [0, 0.05) is 17.1 Å². The highest BCUT2D eigenvalue weighted by molar-refractivity contribution is 9.10. The molecule has 0 aromatic heterocycles. The maximum absolute atomic E-state index is 12.6. The number of hydrogen-bond donors (Lipinski definition) is 1. The van der Waals surface area contributed by atoms with Crippen molar-refractivity contribution in [2.45, 2.75) is 38.3 Å². The molecule has 8 heteroatoms. The topological polar surface area (TPSA) is 89.7 Å². The van der Waals surface area contributed by atoms with Crippen LogP contribution in [0.2, 0.25) is 0 Å². The largest absolute Gasteiger partial charge is 0.497 e. The van der Waals surface area contributed by atoms with Crippen LogP contribution in [0.5, 0.6) is 5.75 Å². The zero-order valence-corrected chi connectivity index (χ0v) is 19.6. The predicted octanol–water partition coefficient (Wildman–Crippen LogP) is 3.49. The molecule has 0 bridgehead atoms. The molecule has 1 aliphatic carbocycles. The molecule has 2 aromatic carbocycles. The van der Waals surface area contributed by atoms with Crippen LogP contribution in [-0.4, -0.2) is 38.0 Å². The number of benzene rings is 2. The second-order valence-corrected chi connectivity index (χ2v) is 10.9. The van der Waals surface area contributed by atoms with Crippen molar-refractivity contribution in [2.75, 3.05) is 13.4 Å². The first-order valence-electron chi connectivity index (χ1n) is 9.77. The van der Waals surface area contributed by atoms with E-state index in [0.717, 1.165) is 15.6 Å². The summed E-state index contributed by atoms with van der Waals surface area (Å²) in [5.41, 5.74) is 6.96. The van der Waals surface area contributed by atoms with Crippen molar-refractivity contribution in [1.82, 2.24) is 4.31 Å². The molecule has 0 radical (unpaired) electrons. The zero-order valence-electron chi connectivity index (χ0n) is 17.2. The van der Waals surface area contributed by atoms with Crippen molar-refractivity contribution in [1.29, 1.82) is 0 Å². The number of primary amides is 1. The lowest BCUT2D eigenvalue weighted by molar-refractivity contribution is -0.127. The fourth-order valence-corrected chi connectivity index (χ4v) is 5.83. The minimum absolute atomic E-state index is 0.249. The van der Waals surface area contributed by atoms with Crippen LogP contribution >= 0.6 is 15.9 Å². The van der Waals surface area contributed by atoms with E-state index in [1.165, 1.54) is 10.6 Å². The third-order valence-corrected chi connectivity index (χ3v) is 7.64. The number of sulfonamides is 1. The molecular formula is C22H27BrN2O4S. The van der Waals surface area contributed by atoms with Gasteiger partial charge in [0.25, 0.3) is 0 Å². The summed E-state index contributed by atoms with van der Waals surface area (Å²) in [5.74, 6) is 0.343. The highest BCUT2D eigenvalue weighted by Crippen LogP contribution is 2.44. The van der Waals surface area contributed by atoms with Crippen LogP contribution < -0.4 is 10.5 Å². The third-order valence-electron chi connectivity index (χ3n) is 5.87. The number of nitrogens with zero attached hydrogens (tertiary/aromatic N) is 1. The number of methoxy groups -OCH3 is 1. The van der Waals surface area contributed by atoms with Gasteiger partial charge in [0.05, 0.1) is 18.8 Å². The van der Waals surface area contributed by atoms with Gasteiger partial charge < -0.3 is 10.5 Å². The van der Waals surface area contributed by atoms with E-state index in [2.05, 4.69) is 15.9 Å². The molecule has 6 nitrogen and oxygen atoms in total. The summed E-state index contributed by atoms with van der Waals surface area (Å²) >= 11 is 3.46. The van der Waals surface area contributed by atoms with E-state index in [9.17, 15) is 13.2 Å². The average molecular weight is 495 g/mol. The monoisotopic (exact) mass is 494 g/mol. The molecule has 162 valence electrons. The molecule has 0 heterocycles. The van der Waals surface area contributed by atoms with Crippen molar-refractivity contribution in [2.24, 2.45) is 11.1 Å². The van der Waals surface area contributed by atoms with E-state index < -0.39 is 15.4 Å². The average Bonchev–Trinajstić information content (AvgIpc) is 3.10. The van der Waals surface area contributed by atoms with E-state index in [1.807, 2.05) is 48.5 Å². The van der Waals surface area contributed by atoms with Gasteiger partial charge >= 0.3 is 0 Å². The van der Waals surface area contributed by atoms with Crippen molar-refractivity contribution < 1.29 is 17.9 Å². The van der Waals surface area contributed by atoms with E-state index in [-0.39, 0.29) is 18.5 Å². The highest BCUT2D eigenvalue weighted by atomic mass is 79.9. The Morgan fingerprint density at radius 1 is 1.23 bits per heavy atom. The molecule has 1 saturated carbocycles. The van der Waals surface area contributed by atoms with Crippen LogP contribution in [0.15, 0.2) is 53.0 Å². The number of halogens is 1. The summed E-state index contributed by atoms with van der Waals surface area (Å²) in [6, 6.07) is 14.9. The molecule has 0 saturated heterocycles. The molecule has 0 aliphatic heterocycles. The van der Waals surface area contributed by atoms with E-state index in [4.69, 9.17) is 10.5 Å². The van der Waals surface area contributed by atoms with Gasteiger partial charge in [0.2, 0.25) is 15.9 Å². The quantitative estimate of drug-likeness (QED) is 0.607. The van der Waals surface area contributed by atoms with Crippen LogP contribution in [-0.2, 0) is 27.8 Å². The minimum Gasteiger partial charge on any atom is -0.497 e. The lowest BCUT2D eigenvalue weighted by Gasteiger charge is -2.30. The Kier molecular flexibility index (Phi) is 6.89. The first-order chi connectivity index (χ1) is 14.1. The normalized spacial score (nSPS) is 21.7. The van der Waals surface area contributed by atoms with Crippen LogP contribution in [0.25, 0.3) is 0 Å². The highest BCUT2D eigenvalue weighted by Gasteiger charge is 2.47. The second-order valence-electron chi connectivity index (χ2n) is 8.00. The first-order valence-corrected chi connectivity index (χ1v) is 12.4. The van der Waals surface area contributed by atoms with E-state index in [0.29, 0.717) is 31.4 Å². The molecule has 30 heavy (non-hydrogen) atoms. The maximum atomic E-state index is 12.6. The molecule has 3 rings (SSSR count). The van der Waals surface area contributed by atoms with Crippen LogP contribution in [0.4, 0.5) is 0 Å². The van der Waals surface area contributed by atoms with Gasteiger partial charge in [-0.3, -0.25) is 4.79 Å². The SMILES string of the molecule is COc1ccc(CN([C@H]2CC[C@](Cc3cccc(Br)c3)(C(N)=O)C2)S(C)(=O)=O)cc1. The zero-order chi connectivity index (χ0) is 21.9. The number of nitrogens with two attached hydrogens (primary N) is 1. The van der Waals surface area contributed by atoms with Gasteiger partial charge in [-0.2, -0.15) is 4.31 Å². The lowest BCUT2D eigenvalue weighted by Crippen LogP contribution is -2.42. The Morgan fingerprint density at radius 3 is 2.50 bits per heavy atom. The van der Waals surface area contributed by atoms with Gasteiger partial charge in [-0.25, -0.2) is 8.42 Å². The first kappa shape index (κ1) is 22.8. The number of hydrogen-bond acceptors (Lipinski definition) is 4. The third kappa shape index (κ3) is 5.22. The molecule has 1 amide bonds. The smallest absolute Gasteiger partial charge is 0.224 e. The van der Waals surface area contributed by atoms with E-state index >= 15 is 0 Å². The molecule has 2 atom stereocenters.